The number of fused-ring (bicyclic) bond motifs is 1. The summed E-state index contributed by atoms with van der Waals surface area (Å²) in [6.07, 6.45) is 1.44. The number of rotatable bonds is 6. The Morgan fingerprint density at radius 1 is 1.00 bits per heavy atom. The van der Waals surface area contributed by atoms with Crippen molar-refractivity contribution in [2.45, 2.75) is 6.61 Å². The molecule has 4 aromatic rings. The first kappa shape index (κ1) is 19.5. The second kappa shape index (κ2) is 8.28. The summed E-state index contributed by atoms with van der Waals surface area (Å²) in [4.78, 5) is 12.9. The van der Waals surface area contributed by atoms with Gasteiger partial charge in [-0.1, -0.05) is 24.3 Å². The normalized spacial score (nSPS) is 10.8. The van der Waals surface area contributed by atoms with Crippen LogP contribution in [0.25, 0.3) is 22.1 Å². The molecule has 0 unspecified atom stereocenters. The lowest BCUT2D eigenvalue weighted by molar-refractivity contribution is 0.295. The van der Waals surface area contributed by atoms with Crippen molar-refractivity contribution >= 4 is 16.7 Å². The summed E-state index contributed by atoms with van der Waals surface area (Å²) in [7, 11) is 1.59. The fourth-order valence-electron chi connectivity index (χ4n) is 3.05. The maximum Gasteiger partial charge on any atom is 0.200 e. The summed E-state index contributed by atoms with van der Waals surface area (Å²) in [5.74, 6) is 1.25. The van der Waals surface area contributed by atoms with Crippen molar-refractivity contribution in [1.82, 2.24) is 0 Å². The smallest absolute Gasteiger partial charge is 0.200 e. The monoisotopic (exact) mass is 404 g/mol. The second-order valence-electron chi connectivity index (χ2n) is 6.59. The van der Waals surface area contributed by atoms with Crippen molar-refractivity contribution in [3.05, 3.63) is 94.0 Å². The molecular formula is C23H18NO6-. The van der Waals surface area contributed by atoms with Crippen LogP contribution in [-0.2, 0) is 6.61 Å². The van der Waals surface area contributed by atoms with E-state index in [-0.39, 0.29) is 22.9 Å². The van der Waals surface area contributed by atoms with Gasteiger partial charge in [0.15, 0.2) is 5.43 Å². The van der Waals surface area contributed by atoms with Gasteiger partial charge in [0.1, 0.15) is 30.0 Å². The fourth-order valence-corrected chi connectivity index (χ4v) is 3.05. The van der Waals surface area contributed by atoms with E-state index >= 15 is 0 Å². The summed E-state index contributed by atoms with van der Waals surface area (Å²) >= 11 is 0. The highest BCUT2D eigenvalue weighted by atomic mass is 16.8. The Morgan fingerprint density at radius 2 is 1.70 bits per heavy atom. The molecule has 7 nitrogen and oxygen atoms in total. The van der Waals surface area contributed by atoms with Crippen LogP contribution in [-0.4, -0.2) is 12.3 Å². The predicted molar refractivity (Wildman–Crippen MR) is 113 cm³/mol. The van der Waals surface area contributed by atoms with Crippen LogP contribution in [0, 0.1) is 5.21 Å². The van der Waals surface area contributed by atoms with Crippen molar-refractivity contribution in [3.8, 4) is 22.6 Å². The predicted octanol–water partition coefficient (Wildman–Crippen LogP) is 4.74. The number of hydrogen-bond donors (Lipinski definition) is 1. The molecule has 0 atom stereocenters. The first-order chi connectivity index (χ1) is 14.5. The van der Waals surface area contributed by atoms with Crippen molar-refractivity contribution < 1.29 is 19.1 Å². The molecule has 1 heterocycles. The minimum absolute atomic E-state index is 0.130. The molecule has 0 radical (unpaired) electrons. The Bertz CT molecular complexity index is 1210. The summed E-state index contributed by atoms with van der Waals surface area (Å²) < 4.78 is 16.6. The number of benzene rings is 3. The number of nitrogens with zero attached hydrogens (tertiary/aromatic N) is 1. The zero-order valence-corrected chi connectivity index (χ0v) is 16.1. The molecule has 0 saturated carbocycles. The van der Waals surface area contributed by atoms with E-state index in [0.29, 0.717) is 28.0 Å². The van der Waals surface area contributed by atoms with Crippen molar-refractivity contribution in [2.24, 2.45) is 0 Å². The molecule has 152 valence electrons. The first-order valence-corrected chi connectivity index (χ1v) is 9.13. The van der Waals surface area contributed by atoms with Crippen molar-refractivity contribution in [2.75, 3.05) is 12.3 Å². The topological polar surface area (TPSA) is 95.2 Å². The Labute approximate surface area is 171 Å². The van der Waals surface area contributed by atoms with Crippen LogP contribution in [0.2, 0.25) is 0 Å². The summed E-state index contributed by atoms with van der Waals surface area (Å²) in [5, 5.41) is 20.0. The average molecular weight is 404 g/mol. The molecule has 0 aliphatic heterocycles. The maximum absolute atomic E-state index is 12.9. The molecule has 0 saturated heterocycles. The van der Waals surface area contributed by atoms with Crippen LogP contribution in [0.3, 0.4) is 0 Å². The molecule has 7 heteroatoms. The van der Waals surface area contributed by atoms with Gasteiger partial charge in [0.05, 0.1) is 23.7 Å². The summed E-state index contributed by atoms with van der Waals surface area (Å²) in [6.45, 7) is 0.254. The zero-order chi connectivity index (χ0) is 21.1. The number of methoxy groups -OCH3 is 1. The number of anilines is 1. The fraction of sp³-hybridized carbons (Fsp3) is 0.0870. The molecule has 3 aromatic carbocycles. The third-order valence-corrected chi connectivity index (χ3v) is 4.71. The van der Waals surface area contributed by atoms with Crippen LogP contribution in [0.1, 0.15) is 5.56 Å². The Balaban J connectivity index is 1.55. The molecule has 30 heavy (non-hydrogen) atoms. The summed E-state index contributed by atoms with van der Waals surface area (Å²) in [5.41, 5.74) is 2.46. The largest absolute Gasteiger partial charge is 0.733 e. The highest BCUT2D eigenvalue weighted by Gasteiger charge is 2.10. The maximum atomic E-state index is 12.9. The quantitative estimate of drug-likeness (QED) is 0.464. The van der Waals surface area contributed by atoms with Gasteiger partial charge in [-0.2, -0.15) is 0 Å². The van der Waals surface area contributed by atoms with Crippen LogP contribution in [0.5, 0.6) is 11.5 Å². The minimum atomic E-state index is -0.198. The van der Waals surface area contributed by atoms with Gasteiger partial charge in [0.2, 0.25) is 0 Å². The van der Waals surface area contributed by atoms with Gasteiger partial charge in [0, 0.05) is 6.07 Å². The molecular weight excluding hydrogens is 386 g/mol. The van der Waals surface area contributed by atoms with Crippen LogP contribution >= 0.6 is 0 Å². The van der Waals surface area contributed by atoms with Gasteiger partial charge in [-0.25, -0.2) is 0 Å². The van der Waals surface area contributed by atoms with E-state index < -0.39 is 0 Å². The average Bonchev–Trinajstić information content (AvgIpc) is 2.78. The van der Waals surface area contributed by atoms with Crippen LogP contribution in [0.4, 0.5) is 5.69 Å². The van der Waals surface area contributed by atoms with Gasteiger partial charge >= 0.3 is 0 Å². The molecule has 0 aliphatic rings. The molecule has 4 rings (SSSR count). The zero-order valence-electron chi connectivity index (χ0n) is 16.1. The Morgan fingerprint density at radius 3 is 2.37 bits per heavy atom. The molecule has 0 aliphatic carbocycles. The van der Waals surface area contributed by atoms with Crippen molar-refractivity contribution in [3.63, 3.8) is 0 Å². The Hall–Kier alpha value is -3.81. The van der Waals surface area contributed by atoms with E-state index in [1.165, 1.54) is 18.4 Å². The van der Waals surface area contributed by atoms with Crippen LogP contribution in [0.15, 0.2) is 82.2 Å². The van der Waals surface area contributed by atoms with Crippen LogP contribution < -0.4 is 20.1 Å². The third-order valence-electron chi connectivity index (χ3n) is 4.71. The SMILES string of the molecule is COc1ccc(-c2coc3cc(OCc4ccc(N([O-])O)cc4)ccc3c2=O)cc1. The van der Waals surface area contributed by atoms with E-state index in [1.54, 1.807) is 49.6 Å². The van der Waals surface area contributed by atoms with E-state index in [0.717, 1.165) is 11.1 Å². The minimum Gasteiger partial charge on any atom is -0.733 e. The first-order valence-electron chi connectivity index (χ1n) is 9.13. The van der Waals surface area contributed by atoms with E-state index in [9.17, 15) is 10.0 Å². The highest BCUT2D eigenvalue weighted by molar-refractivity contribution is 5.82. The second-order valence-corrected chi connectivity index (χ2v) is 6.59. The van der Waals surface area contributed by atoms with Gasteiger partial charge in [0.25, 0.3) is 0 Å². The van der Waals surface area contributed by atoms with Gasteiger partial charge < -0.3 is 24.3 Å². The Kier molecular flexibility index (Phi) is 5.38. The standard InChI is InChI=1S/C23H18NO6/c1-28-18-8-4-16(5-9-18)21-14-30-22-12-19(10-11-20(22)23(21)25)29-13-15-2-6-17(7-3-15)24(26)27/h2-12,14,26H,13H2,1H3/q-1. The molecule has 1 N–H and O–H groups in total. The lowest BCUT2D eigenvalue weighted by atomic mass is 10.1. The van der Waals surface area contributed by atoms with E-state index in [1.807, 2.05) is 12.1 Å². The van der Waals surface area contributed by atoms with Gasteiger partial charge in [-0.15, -0.1) is 0 Å². The van der Waals surface area contributed by atoms with E-state index in [4.69, 9.17) is 19.1 Å². The third kappa shape index (κ3) is 3.98. The summed E-state index contributed by atoms with van der Waals surface area (Å²) in [6, 6.07) is 18.6. The molecule has 0 bridgehead atoms. The highest BCUT2D eigenvalue weighted by Crippen LogP contribution is 2.25. The van der Waals surface area contributed by atoms with Crippen molar-refractivity contribution in [1.29, 1.82) is 0 Å². The van der Waals surface area contributed by atoms with Gasteiger partial charge in [-0.05, 0) is 47.5 Å². The number of ether oxygens (including phenoxy) is 2. The van der Waals surface area contributed by atoms with E-state index in [2.05, 4.69) is 0 Å². The lowest BCUT2D eigenvalue weighted by Gasteiger charge is -2.21. The molecule has 0 fully saturated rings. The molecule has 0 amide bonds. The molecule has 0 spiro atoms. The molecule has 1 aromatic heterocycles. The van der Waals surface area contributed by atoms with Gasteiger partial charge in [-0.3, -0.25) is 10.0 Å². The lowest BCUT2D eigenvalue weighted by Crippen LogP contribution is -2.07. The number of hydrogen-bond acceptors (Lipinski definition) is 7.